The molecular formula is C24H32F2N2O2. The maximum absolute atomic E-state index is 13.4. The lowest BCUT2D eigenvalue weighted by Crippen LogP contribution is -2.44. The third-order valence-electron chi connectivity index (χ3n) is 5.31. The molecule has 0 saturated carbocycles. The molecule has 0 saturated heterocycles. The summed E-state index contributed by atoms with van der Waals surface area (Å²) >= 11 is 0. The molecule has 3 atom stereocenters. The molecule has 0 aromatic heterocycles. The van der Waals surface area contributed by atoms with E-state index in [4.69, 9.17) is 10.5 Å². The van der Waals surface area contributed by atoms with Crippen molar-refractivity contribution in [3.05, 3.63) is 64.7 Å². The van der Waals surface area contributed by atoms with Gasteiger partial charge in [0.05, 0.1) is 12.7 Å². The first-order valence-corrected chi connectivity index (χ1v) is 10.5. The molecule has 3 unspecified atom stereocenters. The number of nitrogens with one attached hydrogen (secondary N) is 1. The molecule has 3 rings (SSSR count). The number of rotatable bonds is 7. The van der Waals surface area contributed by atoms with Crippen molar-refractivity contribution in [2.75, 3.05) is 13.2 Å². The van der Waals surface area contributed by atoms with E-state index in [0.29, 0.717) is 12.2 Å². The average molecular weight is 419 g/mol. The van der Waals surface area contributed by atoms with Gasteiger partial charge in [0, 0.05) is 36.7 Å². The molecule has 4 nitrogen and oxygen atoms in total. The van der Waals surface area contributed by atoms with Crippen LogP contribution in [0.1, 0.15) is 49.9 Å². The second-order valence-corrected chi connectivity index (χ2v) is 9.42. The quantitative estimate of drug-likeness (QED) is 0.638. The van der Waals surface area contributed by atoms with E-state index in [-0.39, 0.29) is 24.4 Å². The normalized spacial score (nSPS) is 18.4. The number of aliphatic hydroxyl groups excluding tert-OH is 1. The van der Waals surface area contributed by atoms with Crippen LogP contribution in [0.25, 0.3) is 0 Å². The monoisotopic (exact) mass is 418 g/mol. The van der Waals surface area contributed by atoms with Gasteiger partial charge in [0.15, 0.2) is 0 Å². The lowest BCUT2D eigenvalue weighted by atomic mass is 9.86. The Morgan fingerprint density at radius 1 is 1.13 bits per heavy atom. The Labute approximate surface area is 177 Å². The van der Waals surface area contributed by atoms with Crippen molar-refractivity contribution in [1.29, 1.82) is 0 Å². The maximum atomic E-state index is 13.4. The molecule has 1 aliphatic heterocycles. The molecule has 4 N–H and O–H groups in total. The first kappa shape index (κ1) is 22.7. The van der Waals surface area contributed by atoms with Gasteiger partial charge in [0.25, 0.3) is 0 Å². The second kappa shape index (κ2) is 9.41. The smallest absolute Gasteiger partial charge is 0.126 e. The van der Waals surface area contributed by atoms with E-state index < -0.39 is 23.8 Å². The lowest BCUT2D eigenvalue weighted by molar-refractivity contribution is 0.133. The van der Waals surface area contributed by atoms with E-state index in [0.717, 1.165) is 30.2 Å². The molecule has 1 aliphatic rings. The van der Waals surface area contributed by atoms with Crippen molar-refractivity contribution in [3.8, 4) is 5.75 Å². The largest absolute Gasteiger partial charge is 0.493 e. The molecule has 0 bridgehead atoms. The third kappa shape index (κ3) is 6.24. The van der Waals surface area contributed by atoms with Gasteiger partial charge < -0.3 is 20.9 Å². The number of aliphatic hydroxyl groups is 1. The molecular weight excluding hydrogens is 386 g/mol. The number of nitrogens with two attached hydrogens (primary N) is 1. The highest BCUT2D eigenvalue weighted by molar-refractivity contribution is 5.41. The van der Waals surface area contributed by atoms with Crippen molar-refractivity contribution in [2.24, 2.45) is 11.1 Å². The van der Waals surface area contributed by atoms with Crippen LogP contribution in [-0.2, 0) is 12.8 Å². The van der Waals surface area contributed by atoms with Gasteiger partial charge in [-0.3, -0.25) is 0 Å². The number of halogens is 2. The van der Waals surface area contributed by atoms with Crippen molar-refractivity contribution >= 4 is 0 Å². The number of hydrogen-bond donors (Lipinski definition) is 3. The molecule has 1 heterocycles. The molecule has 0 amide bonds. The molecule has 0 aliphatic carbocycles. The fourth-order valence-corrected chi connectivity index (χ4v) is 3.93. The SMILES string of the molecule is CC(C)(C)Cc1ccc2c(c1)C(NCC(O)C(N)Cc1cc(F)cc(F)c1)CCO2. The van der Waals surface area contributed by atoms with Crippen LogP contribution in [0.4, 0.5) is 8.78 Å². The van der Waals surface area contributed by atoms with Crippen molar-refractivity contribution in [2.45, 2.75) is 58.2 Å². The molecule has 0 radical (unpaired) electrons. The second-order valence-electron chi connectivity index (χ2n) is 9.42. The van der Waals surface area contributed by atoms with Gasteiger partial charge in [0.1, 0.15) is 17.4 Å². The van der Waals surface area contributed by atoms with Gasteiger partial charge in [0.2, 0.25) is 0 Å². The summed E-state index contributed by atoms with van der Waals surface area (Å²) in [5, 5.41) is 13.9. The number of benzene rings is 2. The van der Waals surface area contributed by atoms with Crippen LogP contribution in [0, 0.1) is 17.0 Å². The Morgan fingerprint density at radius 3 is 2.50 bits per heavy atom. The van der Waals surface area contributed by atoms with Crippen LogP contribution < -0.4 is 15.8 Å². The summed E-state index contributed by atoms with van der Waals surface area (Å²) in [5.74, 6) is -0.421. The van der Waals surface area contributed by atoms with Crippen molar-refractivity contribution < 1.29 is 18.6 Å². The summed E-state index contributed by atoms with van der Waals surface area (Å²) in [4.78, 5) is 0. The highest BCUT2D eigenvalue weighted by Gasteiger charge is 2.24. The van der Waals surface area contributed by atoms with Crippen LogP contribution in [0.3, 0.4) is 0 Å². The minimum atomic E-state index is -0.847. The van der Waals surface area contributed by atoms with Gasteiger partial charge in [-0.1, -0.05) is 32.9 Å². The maximum Gasteiger partial charge on any atom is 0.126 e. The van der Waals surface area contributed by atoms with Gasteiger partial charge in [-0.25, -0.2) is 8.78 Å². The molecule has 164 valence electrons. The van der Waals surface area contributed by atoms with Gasteiger partial charge in [-0.05, 0) is 47.6 Å². The lowest BCUT2D eigenvalue weighted by Gasteiger charge is -2.30. The summed E-state index contributed by atoms with van der Waals surface area (Å²) < 4.78 is 32.6. The third-order valence-corrected chi connectivity index (χ3v) is 5.31. The van der Waals surface area contributed by atoms with E-state index >= 15 is 0 Å². The standard InChI is InChI=1S/C24H32F2N2O2/c1-24(2,3)13-15-4-5-23-19(10-15)21(6-7-30-23)28-14-22(29)20(27)11-16-8-17(25)12-18(26)9-16/h4-5,8-10,12,20-22,28-29H,6-7,11,13-14,27H2,1-3H3. The first-order chi connectivity index (χ1) is 14.1. The summed E-state index contributed by atoms with van der Waals surface area (Å²) in [5.41, 5.74) is 9.06. The zero-order chi connectivity index (χ0) is 21.9. The summed E-state index contributed by atoms with van der Waals surface area (Å²) in [6.45, 7) is 7.52. The summed E-state index contributed by atoms with van der Waals surface area (Å²) in [7, 11) is 0. The summed E-state index contributed by atoms with van der Waals surface area (Å²) in [6.07, 6.45) is 1.10. The zero-order valence-electron chi connectivity index (χ0n) is 17.9. The van der Waals surface area contributed by atoms with Crippen LogP contribution in [0.5, 0.6) is 5.75 Å². The molecule has 0 fully saturated rings. The van der Waals surface area contributed by atoms with Gasteiger partial charge >= 0.3 is 0 Å². The number of fused-ring (bicyclic) bond motifs is 1. The Morgan fingerprint density at radius 2 is 1.83 bits per heavy atom. The number of ether oxygens (including phenoxy) is 1. The topological polar surface area (TPSA) is 67.5 Å². The van der Waals surface area contributed by atoms with Gasteiger partial charge in [-0.15, -0.1) is 0 Å². The zero-order valence-corrected chi connectivity index (χ0v) is 17.9. The van der Waals surface area contributed by atoms with E-state index in [9.17, 15) is 13.9 Å². The van der Waals surface area contributed by atoms with Crippen molar-refractivity contribution in [1.82, 2.24) is 5.32 Å². The van der Waals surface area contributed by atoms with E-state index in [1.165, 1.54) is 17.7 Å². The van der Waals surface area contributed by atoms with Crippen LogP contribution in [0.15, 0.2) is 36.4 Å². The Kier molecular flexibility index (Phi) is 7.11. The van der Waals surface area contributed by atoms with Crippen molar-refractivity contribution in [3.63, 3.8) is 0 Å². The number of hydrogen-bond acceptors (Lipinski definition) is 4. The van der Waals surface area contributed by atoms with E-state index in [2.05, 4.69) is 38.2 Å². The fourth-order valence-electron chi connectivity index (χ4n) is 3.93. The van der Waals surface area contributed by atoms with E-state index in [1.807, 2.05) is 6.07 Å². The average Bonchev–Trinajstić information content (AvgIpc) is 2.63. The highest BCUT2D eigenvalue weighted by Crippen LogP contribution is 2.34. The molecule has 0 spiro atoms. The van der Waals surface area contributed by atoms with E-state index in [1.54, 1.807) is 0 Å². The Bertz CT molecular complexity index is 847. The van der Waals surface area contributed by atoms with Crippen LogP contribution >= 0.6 is 0 Å². The molecule has 30 heavy (non-hydrogen) atoms. The first-order valence-electron chi connectivity index (χ1n) is 10.5. The Hall–Kier alpha value is -2.02. The molecule has 2 aromatic rings. The Balaban J connectivity index is 1.62. The minimum Gasteiger partial charge on any atom is -0.493 e. The summed E-state index contributed by atoms with van der Waals surface area (Å²) in [6, 6.07) is 9.04. The molecule has 2 aromatic carbocycles. The van der Waals surface area contributed by atoms with Gasteiger partial charge in [-0.2, -0.15) is 0 Å². The van der Waals surface area contributed by atoms with Crippen LogP contribution in [-0.4, -0.2) is 30.4 Å². The minimum absolute atomic E-state index is 0.0575. The fraction of sp³-hybridized carbons (Fsp3) is 0.500. The molecule has 6 heteroatoms. The predicted molar refractivity (Wildman–Crippen MR) is 115 cm³/mol. The van der Waals surface area contributed by atoms with Crippen LogP contribution in [0.2, 0.25) is 0 Å². The predicted octanol–water partition coefficient (Wildman–Crippen LogP) is 3.90. The highest BCUT2D eigenvalue weighted by atomic mass is 19.1.